The first-order valence-electron chi connectivity index (χ1n) is 8.35. The SMILES string of the molecule is CC[C@H](C)[C@H](NC(=O)COC(=O)CNC(=O)c1ccccc1F)C(=O)OC. The number of ether oxygens (including phenoxy) is 2. The van der Waals surface area contributed by atoms with Crippen LogP contribution in [0.1, 0.15) is 30.6 Å². The third kappa shape index (κ3) is 7.04. The van der Waals surface area contributed by atoms with Crippen LogP contribution in [-0.4, -0.2) is 50.1 Å². The van der Waals surface area contributed by atoms with Gasteiger partial charge in [-0.25, -0.2) is 9.18 Å². The number of amides is 2. The molecule has 27 heavy (non-hydrogen) atoms. The van der Waals surface area contributed by atoms with Gasteiger partial charge in [0.2, 0.25) is 0 Å². The zero-order chi connectivity index (χ0) is 20.4. The van der Waals surface area contributed by atoms with Crippen LogP contribution in [0.4, 0.5) is 4.39 Å². The van der Waals surface area contributed by atoms with Crippen molar-refractivity contribution in [3.05, 3.63) is 35.6 Å². The molecular weight excluding hydrogens is 359 g/mol. The van der Waals surface area contributed by atoms with E-state index in [0.717, 1.165) is 6.07 Å². The zero-order valence-electron chi connectivity index (χ0n) is 15.4. The smallest absolute Gasteiger partial charge is 0.328 e. The van der Waals surface area contributed by atoms with E-state index in [1.807, 2.05) is 6.92 Å². The Morgan fingerprint density at radius 1 is 1.19 bits per heavy atom. The molecule has 9 heteroatoms. The number of methoxy groups -OCH3 is 1. The second-order valence-electron chi connectivity index (χ2n) is 5.78. The molecule has 0 saturated carbocycles. The van der Waals surface area contributed by atoms with Gasteiger partial charge in [-0.15, -0.1) is 0 Å². The predicted octanol–water partition coefficient (Wildman–Crippen LogP) is 0.803. The lowest BCUT2D eigenvalue weighted by molar-refractivity contribution is -0.150. The van der Waals surface area contributed by atoms with E-state index in [9.17, 15) is 23.6 Å². The van der Waals surface area contributed by atoms with Crippen molar-refractivity contribution in [2.75, 3.05) is 20.3 Å². The Morgan fingerprint density at radius 2 is 1.85 bits per heavy atom. The van der Waals surface area contributed by atoms with Gasteiger partial charge in [-0.3, -0.25) is 14.4 Å². The number of halogens is 1. The average Bonchev–Trinajstić information content (AvgIpc) is 2.67. The van der Waals surface area contributed by atoms with Gasteiger partial charge in [0.05, 0.1) is 12.7 Å². The first kappa shape index (κ1) is 22.1. The summed E-state index contributed by atoms with van der Waals surface area (Å²) in [6.07, 6.45) is 0.627. The van der Waals surface area contributed by atoms with Crippen LogP contribution in [-0.2, 0) is 23.9 Å². The average molecular weight is 382 g/mol. The maximum absolute atomic E-state index is 13.5. The van der Waals surface area contributed by atoms with Gasteiger partial charge in [-0.1, -0.05) is 32.4 Å². The molecule has 0 aliphatic rings. The van der Waals surface area contributed by atoms with E-state index in [-0.39, 0.29) is 11.5 Å². The topological polar surface area (TPSA) is 111 Å². The Kier molecular flexibility index (Phi) is 8.91. The number of hydrogen-bond donors (Lipinski definition) is 2. The molecule has 148 valence electrons. The Labute approximate surface area is 156 Å². The predicted molar refractivity (Wildman–Crippen MR) is 93.1 cm³/mol. The summed E-state index contributed by atoms with van der Waals surface area (Å²) >= 11 is 0. The Hall–Kier alpha value is -2.97. The summed E-state index contributed by atoms with van der Waals surface area (Å²) in [6.45, 7) is 2.46. The van der Waals surface area contributed by atoms with Gasteiger partial charge >= 0.3 is 11.9 Å². The second-order valence-corrected chi connectivity index (χ2v) is 5.78. The van der Waals surface area contributed by atoms with Crippen LogP contribution in [0.5, 0.6) is 0 Å². The second kappa shape index (κ2) is 10.9. The largest absolute Gasteiger partial charge is 0.467 e. The van der Waals surface area contributed by atoms with Gasteiger partial charge in [0, 0.05) is 0 Å². The molecule has 0 fully saturated rings. The number of nitrogens with one attached hydrogen (secondary N) is 2. The van der Waals surface area contributed by atoms with Crippen LogP contribution in [0.3, 0.4) is 0 Å². The minimum atomic E-state index is -0.881. The van der Waals surface area contributed by atoms with Crippen LogP contribution in [0.15, 0.2) is 24.3 Å². The molecule has 1 rings (SSSR count). The van der Waals surface area contributed by atoms with E-state index in [2.05, 4.69) is 15.4 Å². The molecule has 0 saturated heterocycles. The highest BCUT2D eigenvalue weighted by molar-refractivity contribution is 5.96. The third-order valence-electron chi connectivity index (χ3n) is 3.86. The number of esters is 2. The molecular formula is C18H23FN2O6. The summed E-state index contributed by atoms with van der Waals surface area (Å²) in [7, 11) is 1.21. The van der Waals surface area contributed by atoms with Crippen molar-refractivity contribution >= 4 is 23.8 Å². The van der Waals surface area contributed by atoms with Gasteiger partial charge in [0.15, 0.2) is 6.61 Å². The van der Waals surface area contributed by atoms with Crippen LogP contribution < -0.4 is 10.6 Å². The third-order valence-corrected chi connectivity index (χ3v) is 3.86. The van der Waals surface area contributed by atoms with Crippen molar-refractivity contribution in [3.8, 4) is 0 Å². The van der Waals surface area contributed by atoms with Crippen molar-refractivity contribution < 1.29 is 33.0 Å². The number of carbonyl (C=O) groups excluding carboxylic acids is 4. The first-order valence-corrected chi connectivity index (χ1v) is 8.35. The highest BCUT2D eigenvalue weighted by Gasteiger charge is 2.27. The maximum Gasteiger partial charge on any atom is 0.328 e. The highest BCUT2D eigenvalue weighted by Crippen LogP contribution is 2.09. The van der Waals surface area contributed by atoms with Crippen molar-refractivity contribution in [2.45, 2.75) is 26.3 Å². The molecule has 0 aliphatic carbocycles. The van der Waals surface area contributed by atoms with E-state index in [1.165, 1.54) is 25.3 Å². The molecule has 0 aromatic heterocycles. The van der Waals surface area contributed by atoms with Crippen LogP contribution in [0, 0.1) is 11.7 Å². The number of benzene rings is 1. The fourth-order valence-corrected chi connectivity index (χ4v) is 2.10. The van der Waals surface area contributed by atoms with Crippen molar-refractivity contribution in [2.24, 2.45) is 5.92 Å². The summed E-state index contributed by atoms with van der Waals surface area (Å²) < 4.78 is 22.8. The molecule has 0 radical (unpaired) electrons. The summed E-state index contributed by atoms with van der Waals surface area (Å²) in [5, 5.41) is 4.64. The summed E-state index contributed by atoms with van der Waals surface area (Å²) in [5.41, 5.74) is -0.211. The van der Waals surface area contributed by atoms with E-state index in [0.29, 0.717) is 6.42 Å². The van der Waals surface area contributed by atoms with Crippen molar-refractivity contribution in [1.82, 2.24) is 10.6 Å². The van der Waals surface area contributed by atoms with Gasteiger partial charge in [-0.05, 0) is 18.1 Å². The monoisotopic (exact) mass is 382 g/mol. The molecule has 2 N–H and O–H groups in total. The van der Waals surface area contributed by atoms with Crippen molar-refractivity contribution in [1.29, 1.82) is 0 Å². The summed E-state index contributed by atoms with van der Waals surface area (Å²) in [6, 6.07) is 4.44. The maximum atomic E-state index is 13.5. The first-order chi connectivity index (χ1) is 12.8. The van der Waals surface area contributed by atoms with E-state index in [1.54, 1.807) is 6.92 Å². The minimum Gasteiger partial charge on any atom is -0.467 e. The number of rotatable bonds is 9. The Morgan fingerprint density at radius 3 is 2.44 bits per heavy atom. The molecule has 8 nitrogen and oxygen atoms in total. The lowest BCUT2D eigenvalue weighted by Crippen LogP contribution is -2.47. The van der Waals surface area contributed by atoms with E-state index < -0.39 is 48.8 Å². The van der Waals surface area contributed by atoms with Gasteiger partial charge in [-0.2, -0.15) is 0 Å². The van der Waals surface area contributed by atoms with Gasteiger partial charge in [0.25, 0.3) is 11.8 Å². The summed E-state index contributed by atoms with van der Waals surface area (Å²) in [5.74, 6) is -3.83. The molecule has 1 aromatic carbocycles. The fourth-order valence-electron chi connectivity index (χ4n) is 2.10. The lowest BCUT2D eigenvalue weighted by Gasteiger charge is -2.21. The van der Waals surface area contributed by atoms with Crippen molar-refractivity contribution in [3.63, 3.8) is 0 Å². The normalized spacial score (nSPS) is 12.4. The minimum absolute atomic E-state index is 0.169. The highest BCUT2D eigenvalue weighted by atomic mass is 19.1. The fraction of sp³-hybridized carbons (Fsp3) is 0.444. The molecule has 0 bridgehead atoms. The molecule has 2 amide bonds. The molecule has 1 aromatic rings. The molecule has 0 spiro atoms. The van der Waals surface area contributed by atoms with E-state index >= 15 is 0 Å². The van der Waals surface area contributed by atoms with E-state index in [4.69, 9.17) is 4.74 Å². The van der Waals surface area contributed by atoms with Gasteiger partial charge in [0.1, 0.15) is 18.4 Å². The molecule has 0 heterocycles. The van der Waals surface area contributed by atoms with Gasteiger partial charge < -0.3 is 20.1 Å². The summed E-state index contributed by atoms with van der Waals surface area (Å²) in [4.78, 5) is 47.0. The quantitative estimate of drug-likeness (QED) is 0.612. The lowest BCUT2D eigenvalue weighted by atomic mass is 9.99. The van der Waals surface area contributed by atoms with Crippen LogP contribution >= 0.6 is 0 Å². The number of carbonyl (C=O) groups is 4. The van der Waals surface area contributed by atoms with Crippen LogP contribution in [0.25, 0.3) is 0 Å². The molecule has 2 atom stereocenters. The molecule has 0 unspecified atom stereocenters. The Balaban J connectivity index is 2.44. The van der Waals surface area contributed by atoms with Crippen LogP contribution in [0.2, 0.25) is 0 Å². The molecule has 0 aliphatic heterocycles. The Bertz CT molecular complexity index is 694. The standard InChI is InChI=1S/C18H23FN2O6/c1-4-11(2)16(18(25)26-3)21-14(22)10-27-15(23)9-20-17(24)12-7-5-6-8-13(12)19/h5-8,11,16H,4,9-10H2,1-3H3,(H,20,24)(H,21,22)/t11-,16-/m0/s1. The zero-order valence-corrected chi connectivity index (χ0v) is 15.4. The number of hydrogen-bond acceptors (Lipinski definition) is 6.